The van der Waals surface area contributed by atoms with Gasteiger partial charge in [0.2, 0.25) is 5.88 Å². The van der Waals surface area contributed by atoms with Crippen molar-refractivity contribution in [1.82, 2.24) is 4.98 Å². The molecule has 0 radical (unpaired) electrons. The van der Waals surface area contributed by atoms with Crippen molar-refractivity contribution in [2.24, 2.45) is 0 Å². The number of anilines is 1. The van der Waals surface area contributed by atoms with Gasteiger partial charge in [0.1, 0.15) is 5.75 Å². The Morgan fingerprint density at radius 3 is 2.39 bits per heavy atom. The van der Waals surface area contributed by atoms with Crippen molar-refractivity contribution >= 4 is 40.5 Å². The zero-order valence-corrected chi connectivity index (χ0v) is 11.6. The monoisotopic (exact) mass is 302 g/mol. The lowest BCUT2D eigenvalue weighted by atomic mass is 10.3. The zero-order valence-electron chi connectivity index (χ0n) is 9.38. The lowest BCUT2D eigenvalue weighted by Crippen LogP contribution is -1.94. The van der Waals surface area contributed by atoms with Crippen LogP contribution in [0.1, 0.15) is 5.56 Å². The Bertz CT molecular complexity index is 602. The molecule has 2 rings (SSSR count). The number of aromatic nitrogens is 1. The average molecular weight is 304 g/mol. The average Bonchev–Trinajstić information content (AvgIpc) is 2.31. The van der Waals surface area contributed by atoms with Crippen LogP contribution in [0.15, 0.2) is 24.4 Å². The molecule has 0 saturated heterocycles. The van der Waals surface area contributed by atoms with Crippen molar-refractivity contribution in [3.63, 3.8) is 0 Å². The molecule has 0 unspecified atom stereocenters. The Labute approximate surface area is 119 Å². The van der Waals surface area contributed by atoms with Crippen LogP contribution in [-0.2, 0) is 0 Å². The van der Waals surface area contributed by atoms with Gasteiger partial charge in [-0.1, -0.05) is 34.8 Å². The number of hydrogen-bond acceptors (Lipinski definition) is 3. The SMILES string of the molecule is Cc1cnc(Oc2cc(Cl)c(Cl)cc2Cl)cc1N. The summed E-state index contributed by atoms with van der Waals surface area (Å²) in [6.07, 6.45) is 1.62. The minimum atomic E-state index is 0.346. The summed E-state index contributed by atoms with van der Waals surface area (Å²) in [4.78, 5) is 4.09. The first-order chi connectivity index (χ1) is 8.47. The number of benzene rings is 1. The predicted molar refractivity (Wildman–Crippen MR) is 74.9 cm³/mol. The molecule has 0 aliphatic heterocycles. The van der Waals surface area contributed by atoms with E-state index >= 15 is 0 Å². The van der Waals surface area contributed by atoms with Crippen LogP contribution in [0.25, 0.3) is 0 Å². The highest BCUT2D eigenvalue weighted by atomic mass is 35.5. The molecule has 0 bridgehead atoms. The summed E-state index contributed by atoms with van der Waals surface area (Å²) in [6.45, 7) is 1.86. The normalized spacial score (nSPS) is 10.4. The highest BCUT2D eigenvalue weighted by Crippen LogP contribution is 2.36. The lowest BCUT2D eigenvalue weighted by molar-refractivity contribution is 0.463. The molecule has 0 aliphatic rings. The third-order valence-corrected chi connectivity index (χ3v) is 3.33. The van der Waals surface area contributed by atoms with Crippen molar-refractivity contribution < 1.29 is 4.74 Å². The van der Waals surface area contributed by atoms with E-state index in [1.165, 1.54) is 12.1 Å². The fourth-order valence-corrected chi connectivity index (χ4v) is 1.85. The van der Waals surface area contributed by atoms with Crippen LogP contribution in [0.4, 0.5) is 5.69 Å². The fourth-order valence-electron chi connectivity index (χ4n) is 1.27. The topological polar surface area (TPSA) is 48.1 Å². The number of nitrogens with two attached hydrogens (primary N) is 1. The van der Waals surface area contributed by atoms with Gasteiger partial charge in [-0.3, -0.25) is 0 Å². The van der Waals surface area contributed by atoms with Crippen molar-refractivity contribution in [3.05, 3.63) is 45.0 Å². The van der Waals surface area contributed by atoms with Crippen LogP contribution in [0.2, 0.25) is 15.1 Å². The number of halogens is 3. The van der Waals surface area contributed by atoms with Crippen molar-refractivity contribution in [2.75, 3.05) is 5.73 Å². The summed E-state index contributed by atoms with van der Waals surface area (Å²) in [5.41, 5.74) is 7.24. The summed E-state index contributed by atoms with van der Waals surface area (Å²) >= 11 is 17.7. The van der Waals surface area contributed by atoms with Gasteiger partial charge in [0.15, 0.2) is 0 Å². The molecule has 1 aromatic carbocycles. The van der Waals surface area contributed by atoms with E-state index in [2.05, 4.69) is 4.98 Å². The van der Waals surface area contributed by atoms with E-state index in [0.29, 0.717) is 32.4 Å². The minimum Gasteiger partial charge on any atom is -0.437 e. The second-order valence-electron chi connectivity index (χ2n) is 3.68. The summed E-state index contributed by atoms with van der Waals surface area (Å²) in [5.74, 6) is 0.722. The Hall–Kier alpha value is -1.16. The molecule has 0 amide bonds. The van der Waals surface area contributed by atoms with Gasteiger partial charge in [0, 0.05) is 24.0 Å². The van der Waals surface area contributed by atoms with E-state index in [0.717, 1.165) is 5.56 Å². The highest BCUT2D eigenvalue weighted by molar-refractivity contribution is 6.43. The molecule has 1 aromatic heterocycles. The Balaban J connectivity index is 2.34. The smallest absolute Gasteiger partial charge is 0.221 e. The first-order valence-corrected chi connectivity index (χ1v) is 6.15. The number of rotatable bonds is 2. The molecule has 0 spiro atoms. The van der Waals surface area contributed by atoms with E-state index in [9.17, 15) is 0 Å². The highest BCUT2D eigenvalue weighted by Gasteiger charge is 2.09. The molecule has 0 saturated carbocycles. The van der Waals surface area contributed by atoms with Gasteiger partial charge in [-0.15, -0.1) is 0 Å². The molecule has 94 valence electrons. The van der Waals surface area contributed by atoms with Crippen LogP contribution in [-0.4, -0.2) is 4.98 Å². The molecule has 0 aliphatic carbocycles. The molecule has 1 heterocycles. The van der Waals surface area contributed by atoms with E-state index in [-0.39, 0.29) is 0 Å². The molecule has 18 heavy (non-hydrogen) atoms. The molecule has 0 atom stereocenters. The summed E-state index contributed by atoms with van der Waals surface area (Å²) in [7, 11) is 0. The molecule has 6 heteroatoms. The predicted octanol–water partition coefficient (Wildman–Crippen LogP) is 4.72. The standard InChI is InChI=1S/C12H9Cl3N2O/c1-6-5-17-12(4-10(6)16)18-11-3-8(14)7(13)2-9(11)15/h2-5H,1H3,(H2,16,17). The van der Waals surface area contributed by atoms with Gasteiger partial charge < -0.3 is 10.5 Å². The van der Waals surface area contributed by atoms with Crippen LogP contribution < -0.4 is 10.5 Å². The van der Waals surface area contributed by atoms with Gasteiger partial charge in [-0.05, 0) is 18.6 Å². The maximum atomic E-state index is 6.00. The van der Waals surface area contributed by atoms with Crippen molar-refractivity contribution in [2.45, 2.75) is 6.92 Å². The third kappa shape index (κ3) is 2.80. The van der Waals surface area contributed by atoms with E-state index in [4.69, 9.17) is 45.3 Å². The molecule has 2 N–H and O–H groups in total. The first-order valence-electron chi connectivity index (χ1n) is 5.02. The molecule has 2 aromatic rings. The number of aryl methyl sites for hydroxylation is 1. The number of nitrogen functional groups attached to an aromatic ring is 1. The largest absolute Gasteiger partial charge is 0.437 e. The number of nitrogens with zero attached hydrogens (tertiary/aromatic N) is 1. The Morgan fingerprint density at radius 1 is 1.06 bits per heavy atom. The Kier molecular flexibility index (Phi) is 3.85. The second kappa shape index (κ2) is 5.22. The zero-order chi connectivity index (χ0) is 13.3. The summed E-state index contributed by atoms with van der Waals surface area (Å²) in [6, 6.07) is 4.66. The first kappa shape index (κ1) is 13.3. The van der Waals surface area contributed by atoms with Gasteiger partial charge in [0.25, 0.3) is 0 Å². The van der Waals surface area contributed by atoms with E-state index in [1.54, 1.807) is 12.3 Å². The quantitative estimate of drug-likeness (QED) is 0.816. The fraction of sp³-hybridized carbons (Fsp3) is 0.0833. The number of pyridine rings is 1. The Morgan fingerprint density at radius 2 is 1.72 bits per heavy atom. The van der Waals surface area contributed by atoms with Crippen LogP contribution in [0, 0.1) is 6.92 Å². The third-order valence-electron chi connectivity index (χ3n) is 2.31. The van der Waals surface area contributed by atoms with Crippen molar-refractivity contribution in [3.8, 4) is 11.6 Å². The molecular weight excluding hydrogens is 295 g/mol. The van der Waals surface area contributed by atoms with Gasteiger partial charge >= 0.3 is 0 Å². The molecule has 3 nitrogen and oxygen atoms in total. The number of ether oxygens (including phenoxy) is 1. The van der Waals surface area contributed by atoms with Crippen molar-refractivity contribution in [1.29, 1.82) is 0 Å². The maximum absolute atomic E-state index is 6.00. The van der Waals surface area contributed by atoms with Crippen LogP contribution >= 0.6 is 34.8 Å². The van der Waals surface area contributed by atoms with Gasteiger partial charge in [-0.2, -0.15) is 0 Å². The maximum Gasteiger partial charge on any atom is 0.221 e. The summed E-state index contributed by atoms with van der Waals surface area (Å²) < 4.78 is 5.51. The second-order valence-corrected chi connectivity index (χ2v) is 4.90. The lowest BCUT2D eigenvalue weighted by Gasteiger charge is -2.09. The van der Waals surface area contributed by atoms with E-state index in [1.807, 2.05) is 6.92 Å². The summed E-state index contributed by atoms with van der Waals surface area (Å²) in [5, 5.41) is 1.08. The van der Waals surface area contributed by atoms with Gasteiger partial charge in [-0.25, -0.2) is 4.98 Å². The molecule has 0 fully saturated rings. The van der Waals surface area contributed by atoms with E-state index < -0.39 is 0 Å². The minimum absolute atomic E-state index is 0.346. The number of hydrogen-bond donors (Lipinski definition) is 1. The van der Waals surface area contributed by atoms with Crippen LogP contribution in [0.3, 0.4) is 0 Å². The van der Waals surface area contributed by atoms with Gasteiger partial charge in [0.05, 0.1) is 15.1 Å². The molecular formula is C12H9Cl3N2O. The van der Waals surface area contributed by atoms with Crippen LogP contribution in [0.5, 0.6) is 11.6 Å².